The van der Waals surface area contributed by atoms with Gasteiger partial charge in [-0.05, 0) is 32.4 Å². The third kappa shape index (κ3) is 4.81. The zero-order chi connectivity index (χ0) is 15.3. The molecule has 0 aromatic heterocycles. The van der Waals surface area contributed by atoms with Crippen LogP contribution in [-0.4, -0.2) is 41.2 Å². The standard InChI is InChI=1S/C15H22FNO3/c1-5-12(14(18)17(4)10-15(2,3)19)20-13-9-7-6-8-11(13)16/h6-9,12,19H,5,10H2,1-4H3. The second kappa shape index (κ2) is 6.70. The fraction of sp³-hybridized carbons (Fsp3) is 0.533. The predicted octanol–water partition coefficient (Wildman–Crippen LogP) is 2.21. The molecule has 0 aliphatic rings. The normalized spacial score (nSPS) is 12.9. The van der Waals surface area contributed by atoms with Crippen molar-refractivity contribution in [1.82, 2.24) is 4.90 Å². The summed E-state index contributed by atoms with van der Waals surface area (Å²) in [4.78, 5) is 13.6. The zero-order valence-corrected chi connectivity index (χ0v) is 12.4. The lowest BCUT2D eigenvalue weighted by Gasteiger charge is -2.28. The van der Waals surface area contributed by atoms with Gasteiger partial charge >= 0.3 is 0 Å². The van der Waals surface area contributed by atoms with Gasteiger partial charge in [-0.1, -0.05) is 19.1 Å². The lowest BCUT2D eigenvalue weighted by molar-refractivity contribution is -0.140. The average molecular weight is 283 g/mol. The molecule has 112 valence electrons. The van der Waals surface area contributed by atoms with Gasteiger partial charge in [0.2, 0.25) is 0 Å². The van der Waals surface area contributed by atoms with Crippen LogP contribution < -0.4 is 4.74 Å². The van der Waals surface area contributed by atoms with Crippen molar-refractivity contribution >= 4 is 5.91 Å². The Morgan fingerprint density at radius 2 is 2.05 bits per heavy atom. The first-order valence-electron chi connectivity index (χ1n) is 6.63. The molecular formula is C15H22FNO3. The highest BCUT2D eigenvalue weighted by Crippen LogP contribution is 2.19. The number of hydrogen-bond donors (Lipinski definition) is 1. The third-order valence-corrected chi connectivity index (χ3v) is 2.75. The zero-order valence-electron chi connectivity index (χ0n) is 12.4. The maximum absolute atomic E-state index is 13.5. The Labute approximate surface area is 119 Å². The largest absolute Gasteiger partial charge is 0.478 e. The van der Waals surface area contributed by atoms with Crippen molar-refractivity contribution in [3.05, 3.63) is 30.1 Å². The first kappa shape index (κ1) is 16.4. The van der Waals surface area contributed by atoms with Crippen LogP contribution in [-0.2, 0) is 4.79 Å². The molecule has 4 nitrogen and oxygen atoms in total. The summed E-state index contributed by atoms with van der Waals surface area (Å²) in [5.41, 5.74) is -0.985. The quantitative estimate of drug-likeness (QED) is 0.871. The molecule has 0 aliphatic heterocycles. The van der Waals surface area contributed by atoms with Crippen molar-refractivity contribution < 1.29 is 19.0 Å². The Balaban J connectivity index is 2.76. The minimum Gasteiger partial charge on any atom is -0.478 e. The molecule has 1 aromatic carbocycles. The molecule has 1 amide bonds. The molecule has 0 radical (unpaired) electrons. The van der Waals surface area contributed by atoms with Crippen LogP contribution in [0.3, 0.4) is 0 Å². The van der Waals surface area contributed by atoms with Gasteiger partial charge in [-0.3, -0.25) is 4.79 Å². The molecule has 0 saturated carbocycles. The Morgan fingerprint density at radius 1 is 1.45 bits per heavy atom. The Kier molecular flexibility index (Phi) is 5.51. The molecule has 1 N–H and O–H groups in total. The number of carbonyl (C=O) groups is 1. The van der Waals surface area contributed by atoms with E-state index < -0.39 is 17.5 Å². The summed E-state index contributed by atoms with van der Waals surface area (Å²) in [5, 5.41) is 9.73. The maximum Gasteiger partial charge on any atom is 0.263 e. The number of ether oxygens (including phenoxy) is 1. The molecule has 1 rings (SSSR count). The van der Waals surface area contributed by atoms with Crippen molar-refractivity contribution in [2.45, 2.75) is 38.9 Å². The lowest BCUT2D eigenvalue weighted by Crippen LogP contribution is -2.45. The monoisotopic (exact) mass is 283 g/mol. The molecule has 0 aliphatic carbocycles. The Hall–Kier alpha value is -1.62. The van der Waals surface area contributed by atoms with Gasteiger partial charge in [0.1, 0.15) is 0 Å². The van der Waals surface area contributed by atoms with E-state index in [-0.39, 0.29) is 18.2 Å². The fourth-order valence-electron chi connectivity index (χ4n) is 1.91. The van der Waals surface area contributed by atoms with Crippen LogP contribution in [0.15, 0.2) is 24.3 Å². The summed E-state index contributed by atoms with van der Waals surface area (Å²) in [6, 6.07) is 5.98. The van der Waals surface area contributed by atoms with E-state index in [1.807, 2.05) is 0 Å². The number of benzene rings is 1. The van der Waals surface area contributed by atoms with E-state index in [4.69, 9.17) is 4.74 Å². The van der Waals surface area contributed by atoms with Crippen molar-refractivity contribution in [3.63, 3.8) is 0 Å². The first-order valence-corrected chi connectivity index (χ1v) is 6.63. The highest BCUT2D eigenvalue weighted by molar-refractivity contribution is 5.81. The van der Waals surface area contributed by atoms with E-state index in [1.165, 1.54) is 17.0 Å². The van der Waals surface area contributed by atoms with Gasteiger partial charge in [-0.2, -0.15) is 0 Å². The van der Waals surface area contributed by atoms with Crippen molar-refractivity contribution in [3.8, 4) is 5.75 Å². The van der Waals surface area contributed by atoms with Gasteiger partial charge in [-0.25, -0.2) is 4.39 Å². The number of aliphatic hydroxyl groups is 1. The van der Waals surface area contributed by atoms with Crippen LogP contribution in [0.5, 0.6) is 5.75 Å². The first-order chi connectivity index (χ1) is 9.24. The van der Waals surface area contributed by atoms with Gasteiger partial charge in [0.05, 0.1) is 5.60 Å². The highest BCUT2D eigenvalue weighted by Gasteiger charge is 2.26. The number of nitrogens with zero attached hydrogens (tertiary/aromatic N) is 1. The predicted molar refractivity (Wildman–Crippen MR) is 75.0 cm³/mol. The Bertz CT molecular complexity index is 457. The summed E-state index contributed by atoms with van der Waals surface area (Å²) in [6.07, 6.45) is -0.345. The smallest absolute Gasteiger partial charge is 0.263 e. The van der Waals surface area contributed by atoms with E-state index in [0.29, 0.717) is 6.42 Å². The van der Waals surface area contributed by atoms with Crippen molar-refractivity contribution in [2.24, 2.45) is 0 Å². The number of amides is 1. The molecule has 0 spiro atoms. The Morgan fingerprint density at radius 3 is 2.55 bits per heavy atom. The molecule has 0 saturated heterocycles. The van der Waals surface area contributed by atoms with Gasteiger partial charge in [0.25, 0.3) is 5.91 Å². The van der Waals surface area contributed by atoms with E-state index >= 15 is 0 Å². The average Bonchev–Trinajstić information content (AvgIpc) is 2.35. The van der Waals surface area contributed by atoms with Crippen molar-refractivity contribution in [2.75, 3.05) is 13.6 Å². The molecule has 1 atom stereocenters. The second-order valence-corrected chi connectivity index (χ2v) is 5.45. The number of rotatable bonds is 6. The van der Waals surface area contributed by atoms with Crippen LogP contribution >= 0.6 is 0 Å². The van der Waals surface area contributed by atoms with Crippen LogP contribution in [0.1, 0.15) is 27.2 Å². The summed E-state index contributed by atoms with van der Waals surface area (Å²) >= 11 is 0. The van der Waals surface area contributed by atoms with E-state index in [0.717, 1.165) is 0 Å². The summed E-state index contributed by atoms with van der Waals surface area (Å²) in [5.74, 6) is -0.717. The molecule has 1 aromatic rings. The molecule has 1 unspecified atom stereocenters. The molecule has 0 fully saturated rings. The van der Waals surface area contributed by atoms with Crippen molar-refractivity contribution in [1.29, 1.82) is 0 Å². The van der Waals surface area contributed by atoms with Gasteiger partial charge in [-0.15, -0.1) is 0 Å². The number of para-hydroxylation sites is 1. The lowest BCUT2D eigenvalue weighted by atomic mass is 10.1. The summed E-state index contributed by atoms with van der Waals surface area (Å²) in [6.45, 7) is 5.22. The van der Waals surface area contributed by atoms with Crippen LogP contribution in [0.2, 0.25) is 0 Å². The number of hydrogen-bond acceptors (Lipinski definition) is 3. The molecular weight excluding hydrogens is 261 g/mol. The second-order valence-electron chi connectivity index (χ2n) is 5.45. The fourth-order valence-corrected chi connectivity index (χ4v) is 1.91. The number of halogens is 1. The minimum atomic E-state index is -0.985. The third-order valence-electron chi connectivity index (χ3n) is 2.75. The SMILES string of the molecule is CCC(Oc1ccccc1F)C(=O)N(C)CC(C)(C)O. The maximum atomic E-state index is 13.5. The van der Waals surface area contributed by atoms with Crippen LogP contribution in [0.4, 0.5) is 4.39 Å². The summed E-state index contributed by atoms with van der Waals surface area (Å²) in [7, 11) is 1.59. The van der Waals surface area contributed by atoms with Gasteiger partial charge in [0, 0.05) is 13.6 Å². The summed E-state index contributed by atoms with van der Waals surface area (Å²) < 4.78 is 19.0. The van der Waals surface area contributed by atoms with E-state index in [1.54, 1.807) is 40.0 Å². The number of carbonyl (C=O) groups excluding carboxylic acids is 1. The molecule has 0 bridgehead atoms. The topological polar surface area (TPSA) is 49.8 Å². The van der Waals surface area contributed by atoms with Crippen LogP contribution in [0, 0.1) is 5.82 Å². The van der Waals surface area contributed by atoms with Gasteiger partial charge in [0.15, 0.2) is 17.7 Å². The molecule has 20 heavy (non-hydrogen) atoms. The number of likely N-dealkylation sites (N-methyl/N-ethyl adjacent to an activating group) is 1. The van der Waals surface area contributed by atoms with E-state index in [2.05, 4.69) is 0 Å². The molecule has 0 heterocycles. The highest BCUT2D eigenvalue weighted by atomic mass is 19.1. The van der Waals surface area contributed by atoms with Crippen LogP contribution in [0.25, 0.3) is 0 Å². The van der Waals surface area contributed by atoms with Gasteiger partial charge < -0.3 is 14.7 Å². The van der Waals surface area contributed by atoms with E-state index in [9.17, 15) is 14.3 Å². The minimum absolute atomic E-state index is 0.0596. The molecule has 5 heteroatoms.